The van der Waals surface area contributed by atoms with E-state index in [4.69, 9.17) is 4.74 Å². The zero-order chi connectivity index (χ0) is 18.4. The first-order valence-corrected chi connectivity index (χ1v) is 7.93. The van der Waals surface area contributed by atoms with Gasteiger partial charge in [-0.1, -0.05) is 36.4 Å². The van der Waals surface area contributed by atoms with Gasteiger partial charge in [-0.05, 0) is 46.7 Å². The van der Waals surface area contributed by atoms with Gasteiger partial charge in [-0.15, -0.1) is 0 Å². The summed E-state index contributed by atoms with van der Waals surface area (Å²) in [6.45, 7) is 0. The van der Waals surface area contributed by atoms with Crippen LogP contribution in [0.3, 0.4) is 0 Å². The number of anilines is 1. The number of nitrogens with zero attached hydrogens (tertiary/aromatic N) is 1. The van der Waals surface area contributed by atoms with Crippen molar-refractivity contribution in [2.75, 3.05) is 12.4 Å². The highest BCUT2D eigenvalue weighted by Crippen LogP contribution is 2.15. The Morgan fingerprint density at radius 3 is 2.38 bits per heavy atom. The molecule has 2 amide bonds. The van der Waals surface area contributed by atoms with Crippen LogP contribution in [0.4, 0.5) is 5.69 Å². The summed E-state index contributed by atoms with van der Waals surface area (Å²) >= 11 is 0. The van der Waals surface area contributed by atoms with E-state index in [9.17, 15) is 9.59 Å². The van der Waals surface area contributed by atoms with Gasteiger partial charge in [0.05, 0.1) is 13.3 Å². The summed E-state index contributed by atoms with van der Waals surface area (Å²) in [5.74, 6) is -0.990. The van der Waals surface area contributed by atoms with Crippen molar-refractivity contribution in [3.8, 4) is 5.75 Å². The number of amides is 2. The maximum atomic E-state index is 11.9. The predicted molar refractivity (Wildman–Crippen MR) is 101 cm³/mol. The molecule has 0 bridgehead atoms. The summed E-state index contributed by atoms with van der Waals surface area (Å²) < 4.78 is 5.03. The molecule has 3 aromatic carbocycles. The van der Waals surface area contributed by atoms with Gasteiger partial charge in [-0.3, -0.25) is 9.59 Å². The Morgan fingerprint density at radius 1 is 0.923 bits per heavy atom. The highest BCUT2D eigenvalue weighted by Gasteiger charge is 2.12. The monoisotopic (exact) mass is 347 g/mol. The maximum Gasteiger partial charge on any atom is 0.329 e. The van der Waals surface area contributed by atoms with Crippen molar-refractivity contribution in [1.82, 2.24) is 5.43 Å². The maximum absolute atomic E-state index is 11.9. The Kier molecular flexibility index (Phi) is 5.24. The Bertz CT molecular complexity index is 965. The fourth-order valence-electron chi connectivity index (χ4n) is 2.37. The highest BCUT2D eigenvalue weighted by molar-refractivity contribution is 6.39. The lowest BCUT2D eigenvalue weighted by Crippen LogP contribution is -2.32. The second kappa shape index (κ2) is 7.94. The quantitative estimate of drug-likeness (QED) is 0.433. The predicted octanol–water partition coefficient (Wildman–Crippen LogP) is 2.94. The Morgan fingerprint density at radius 2 is 1.65 bits per heavy atom. The van der Waals surface area contributed by atoms with Crippen LogP contribution >= 0.6 is 0 Å². The minimum Gasteiger partial charge on any atom is -0.497 e. The molecule has 26 heavy (non-hydrogen) atoms. The van der Waals surface area contributed by atoms with Gasteiger partial charge in [-0.2, -0.15) is 5.10 Å². The molecule has 0 radical (unpaired) electrons. The molecule has 0 unspecified atom stereocenters. The van der Waals surface area contributed by atoms with E-state index in [1.165, 1.54) is 6.21 Å². The van der Waals surface area contributed by atoms with Gasteiger partial charge in [0.2, 0.25) is 0 Å². The Labute approximate surface area is 150 Å². The molecule has 0 aromatic heterocycles. The van der Waals surface area contributed by atoms with E-state index in [2.05, 4.69) is 15.8 Å². The molecule has 0 aliphatic carbocycles. The summed E-state index contributed by atoms with van der Waals surface area (Å²) in [7, 11) is 1.55. The van der Waals surface area contributed by atoms with Gasteiger partial charge in [0.15, 0.2) is 0 Å². The van der Waals surface area contributed by atoms with Crippen LogP contribution in [0.1, 0.15) is 5.56 Å². The lowest BCUT2D eigenvalue weighted by atomic mass is 10.1. The Balaban J connectivity index is 1.57. The first-order valence-electron chi connectivity index (χ1n) is 7.93. The lowest BCUT2D eigenvalue weighted by Gasteiger charge is -2.05. The summed E-state index contributed by atoms with van der Waals surface area (Å²) in [5, 5.41) is 8.51. The molecule has 0 aliphatic rings. The lowest BCUT2D eigenvalue weighted by molar-refractivity contribution is -0.136. The molecule has 0 heterocycles. The van der Waals surface area contributed by atoms with Crippen LogP contribution < -0.4 is 15.5 Å². The number of rotatable bonds is 4. The minimum atomic E-state index is -0.849. The number of methoxy groups -OCH3 is 1. The molecule has 3 rings (SSSR count). The molecule has 0 aliphatic heterocycles. The van der Waals surface area contributed by atoms with Crippen LogP contribution in [-0.2, 0) is 9.59 Å². The van der Waals surface area contributed by atoms with E-state index in [1.807, 2.05) is 42.5 Å². The van der Waals surface area contributed by atoms with Crippen molar-refractivity contribution >= 4 is 34.5 Å². The number of ether oxygens (including phenoxy) is 1. The average Bonchev–Trinajstić information content (AvgIpc) is 2.68. The van der Waals surface area contributed by atoms with E-state index in [1.54, 1.807) is 31.4 Å². The van der Waals surface area contributed by atoms with Crippen molar-refractivity contribution < 1.29 is 14.3 Å². The van der Waals surface area contributed by atoms with Crippen LogP contribution in [0.25, 0.3) is 10.8 Å². The number of benzene rings is 3. The number of nitrogens with one attached hydrogen (secondary N) is 2. The number of hydrogen-bond acceptors (Lipinski definition) is 4. The van der Waals surface area contributed by atoms with Gasteiger partial charge in [-0.25, -0.2) is 5.43 Å². The molecule has 6 heteroatoms. The van der Waals surface area contributed by atoms with Crippen molar-refractivity contribution in [2.24, 2.45) is 5.10 Å². The second-order valence-electron chi connectivity index (χ2n) is 5.49. The smallest absolute Gasteiger partial charge is 0.329 e. The first-order chi connectivity index (χ1) is 12.7. The molecule has 6 nitrogen and oxygen atoms in total. The van der Waals surface area contributed by atoms with Crippen LogP contribution in [0.2, 0.25) is 0 Å². The fourth-order valence-corrected chi connectivity index (χ4v) is 2.37. The zero-order valence-electron chi connectivity index (χ0n) is 14.1. The molecule has 0 saturated carbocycles. The summed E-state index contributed by atoms with van der Waals surface area (Å²) in [6.07, 6.45) is 1.49. The number of fused-ring (bicyclic) bond motifs is 1. The normalized spacial score (nSPS) is 10.7. The Hall–Kier alpha value is -3.67. The summed E-state index contributed by atoms with van der Waals surface area (Å²) in [4.78, 5) is 23.7. The molecule has 130 valence electrons. The molecule has 0 fully saturated rings. The first kappa shape index (κ1) is 17.2. The molecular formula is C20H17N3O3. The summed E-state index contributed by atoms with van der Waals surface area (Å²) in [5.41, 5.74) is 3.52. The van der Waals surface area contributed by atoms with E-state index in [-0.39, 0.29) is 0 Å². The molecule has 2 N–H and O–H groups in total. The third kappa shape index (κ3) is 4.24. The van der Waals surface area contributed by atoms with Gasteiger partial charge in [0, 0.05) is 5.69 Å². The van der Waals surface area contributed by atoms with Crippen molar-refractivity contribution in [3.05, 3.63) is 72.3 Å². The van der Waals surface area contributed by atoms with Crippen LogP contribution in [0.5, 0.6) is 5.75 Å². The second-order valence-corrected chi connectivity index (χ2v) is 5.49. The highest BCUT2D eigenvalue weighted by atomic mass is 16.5. The average molecular weight is 347 g/mol. The SMILES string of the molecule is COc1ccc(NC(=O)C(=O)N/N=C/c2ccc3ccccc3c2)cc1. The van der Waals surface area contributed by atoms with E-state index >= 15 is 0 Å². The zero-order valence-corrected chi connectivity index (χ0v) is 14.1. The van der Waals surface area contributed by atoms with E-state index < -0.39 is 11.8 Å². The standard InChI is InChI=1S/C20H17N3O3/c1-26-18-10-8-17(9-11-18)22-19(24)20(25)23-21-13-14-6-7-15-4-2-3-5-16(15)12-14/h2-13H,1H3,(H,22,24)(H,23,25)/b21-13+. The van der Waals surface area contributed by atoms with Gasteiger partial charge in [0.1, 0.15) is 5.75 Å². The van der Waals surface area contributed by atoms with Crippen molar-refractivity contribution in [1.29, 1.82) is 0 Å². The third-order valence-electron chi connectivity index (χ3n) is 3.71. The van der Waals surface area contributed by atoms with E-state index in [0.29, 0.717) is 11.4 Å². The van der Waals surface area contributed by atoms with Crippen molar-refractivity contribution in [2.45, 2.75) is 0 Å². The van der Waals surface area contributed by atoms with Crippen LogP contribution in [0, 0.1) is 0 Å². The van der Waals surface area contributed by atoms with Gasteiger partial charge in [0.25, 0.3) is 0 Å². The fraction of sp³-hybridized carbons (Fsp3) is 0.0500. The minimum absolute atomic E-state index is 0.490. The third-order valence-corrected chi connectivity index (χ3v) is 3.71. The number of carbonyl (C=O) groups is 2. The number of carbonyl (C=O) groups excluding carboxylic acids is 2. The van der Waals surface area contributed by atoms with Gasteiger partial charge >= 0.3 is 11.8 Å². The molecule has 0 saturated heterocycles. The topological polar surface area (TPSA) is 79.8 Å². The molecular weight excluding hydrogens is 330 g/mol. The number of hydrogen-bond donors (Lipinski definition) is 2. The van der Waals surface area contributed by atoms with E-state index in [0.717, 1.165) is 16.3 Å². The van der Waals surface area contributed by atoms with Gasteiger partial charge < -0.3 is 10.1 Å². The summed E-state index contributed by atoms with van der Waals surface area (Å²) in [6, 6.07) is 20.4. The molecule has 0 atom stereocenters. The molecule has 0 spiro atoms. The number of hydrazone groups is 1. The molecule has 3 aromatic rings. The van der Waals surface area contributed by atoms with Crippen LogP contribution in [-0.4, -0.2) is 25.1 Å². The van der Waals surface area contributed by atoms with Crippen molar-refractivity contribution in [3.63, 3.8) is 0 Å². The largest absolute Gasteiger partial charge is 0.497 e. The van der Waals surface area contributed by atoms with Crippen LogP contribution in [0.15, 0.2) is 71.8 Å².